The first kappa shape index (κ1) is 12.5. The summed E-state index contributed by atoms with van der Waals surface area (Å²) >= 11 is 0. The molecule has 2 aliphatic rings. The van der Waals surface area contributed by atoms with Gasteiger partial charge in [-0.3, -0.25) is 4.79 Å². The fraction of sp³-hybridized carbons (Fsp3) is 0.500. The Bertz CT molecular complexity index is 321. The lowest BCUT2D eigenvalue weighted by Gasteiger charge is -2.05. The third-order valence-electron chi connectivity index (χ3n) is 2.28. The second-order valence-electron chi connectivity index (χ2n) is 3.69. The number of carbonyl (C=O) groups is 1. The molecule has 1 fully saturated rings. The Labute approximate surface area is 96.3 Å². The number of rotatable bonds is 2. The number of hydrogen-bond donors (Lipinski definition) is 0. The maximum Gasteiger partial charge on any atom is 0.226 e. The first-order valence-corrected chi connectivity index (χ1v) is 5.40. The van der Waals surface area contributed by atoms with Gasteiger partial charge < -0.3 is 9.64 Å². The SMILES string of the molecule is C=C(C)C1=NCCO1.C=CN1CCCC1=O. The summed E-state index contributed by atoms with van der Waals surface area (Å²) in [4.78, 5) is 16.3. The summed E-state index contributed by atoms with van der Waals surface area (Å²) in [5.74, 6) is 0.935. The van der Waals surface area contributed by atoms with Gasteiger partial charge in [-0.15, -0.1) is 0 Å². The van der Waals surface area contributed by atoms with Gasteiger partial charge in [-0.05, 0) is 19.5 Å². The number of ether oxygens (including phenoxy) is 1. The van der Waals surface area contributed by atoms with Crippen molar-refractivity contribution in [2.45, 2.75) is 19.8 Å². The summed E-state index contributed by atoms with van der Waals surface area (Å²) < 4.78 is 5.06. The highest BCUT2D eigenvalue weighted by Crippen LogP contribution is 2.08. The molecule has 1 amide bonds. The van der Waals surface area contributed by atoms with Gasteiger partial charge in [0.05, 0.1) is 6.54 Å². The van der Waals surface area contributed by atoms with Gasteiger partial charge in [0.2, 0.25) is 11.8 Å². The van der Waals surface area contributed by atoms with Gasteiger partial charge in [0.15, 0.2) is 0 Å². The summed E-state index contributed by atoms with van der Waals surface area (Å²) in [6, 6.07) is 0. The zero-order valence-corrected chi connectivity index (χ0v) is 9.74. The molecule has 0 aliphatic carbocycles. The molecule has 0 saturated carbocycles. The van der Waals surface area contributed by atoms with Crippen molar-refractivity contribution in [1.82, 2.24) is 4.90 Å². The van der Waals surface area contributed by atoms with Gasteiger partial charge in [-0.2, -0.15) is 0 Å². The van der Waals surface area contributed by atoms with Gasteiger partial charge in [0, 0.05) is 18.5 Å². The summed E-state index contributed by atoms with van der Waals surface area (Å²) in [6.45, 7) is 11.5. The Morgan fingerprint density at radius 1 is 1.62 bits per heavy atom. The third-order valence-corrected chi connectivity index (χ3v) is 2.28. The van der Waals surface area contributed by atoms with E-state index in [1.807, 2.05) is 6.92 Å². The average Bonchev–Trinajstić information content (AvgIpc) is 2.88. The first-order chi connectivity index (χ1) is 7.65. The molecule has 0 aromatic heterocycles. The molecule has 0 bridgehead atoms. The second-order valence-corrected chi connectivity index (χ2v) is 3.69. The van der Waals surface area contributed by atoms with Gasteiger partial charge in [-0.1, -0.05) is 13.2 Å². The highest BCUT2D eigenvalue weighted by atomic mass is 16.5. The molecule has 0 spiro atoms. The molecule has 0 N–H and O–H groups in total. The molecule has 16 heavy (non-hydrogen) atoms. The normalized spacial score (nSPS) is 18.4. The number of carbonyl (C=O) groups excluding carboxylic acids is 1. The van der Waals surface area contributed by atoms with Crippen LogP contribution in [-0.2, 0) is 9.53 Å². The molecule has 4 nitrogen and oxygen atoms in total. The monoisotopic (exact) mass is 222 g/mol. The quantitative estimate of drug-likeness (QED) is 0.714. The molecule has 0 atom stereocenters. The standard InChI is InChI=1S/2C6H9NO/c1-5(2)6-7-3-4-8-6;1-2-7-5-3-4-6(7)8/h1,3-4H2,2H3;2H,1,3-5H2. The van der Waals surface area contributed by atoms with Crippen LogP contribution in [-0.4, -0.2) is 36.4 Å². The third kappa shape index (κ3) is 3.53. The van der Waals surface area contributed by atoms with E-state index in [0.29, 0.717) is 6.42 Å². The van der Waals surface area contributed by atoms with Crippen LogP contribution in [0.4, 0.5) is 0 Å². The molecule has 0 unspecified atom stereocenters. The predicted octanol–water partition coefficient (Wildman–Crippen LogP) is 1.74. The van der Waals surface area contributed by atoms with E-state index in [1.54, 1.807) is 11.1 Å². The largest absolute Gasteiger partial charge is 0.476 e. The summed E-state index contributed by atoms with van der Waals surface area (Å²) in [5, 5.41) is 0. The van der Waals surface area contributed by atoms with E-state index in [4.69, 9.17) is 4.74 Å². The van der Waals surface area contributed by atoms with Crippen LogP contribution >= 0.6 is 0 Å². The Kier molecular flexibility index (Phi) is 4.76. The molecule has 0 aromatic rings. The van der Waals surface area contributed by atoms with Gasteiger partial charge in [0.1, 0.15) is 6.61 Å². The van der Waals surface area contributed by atoms with Crippen molar-refractivity contribution < 1.29 is 9.53 Å². The van der Waals surface area contributed by atoms with E-state index >= 15 is 0 Å². The zero-order chi connectivity index (χ0) is 12.0. The Hall–Kier alpha value is -1.58. The Balaban J connectivity index is 0.000000160. The van der Waals surface area contributed by atoms with Crippen molar-refractivity contribution in [2.24, 2.45) is 4.99 Å². The molecule has 1 saturated heterocycles. The number of aliphatic imine (C=N–C) groups is 1. The predicted molar refractivity (Wildman–Crippen MR) is 64.2 cm³/mol. The molecule has 0 radical (unpaired) electrons. The van der Waals surface area contributed by atoms with E-state index in [9.17, 15) is 4.79 Å². The van der Waals surface area contributed by atoms with Crippen molar-refractivity contribution in [3.63, 3.8) is 0 Å². The number of amides is 1. The van der Waals surface area contributed by atoms with Crippen LogP contribution in [0.3, 0.4) is 0 Å². The number of hydrogen-bond acceptors (Lipinski definition) is 3. The molecule has 2 aliphatic heterocycles. The lowest BCUT2D eigenvalue weighted by Crippen LogP contribution is -2.16. The summed E-state index contributed by atoms with van der Waals surface area (Å²) in [5.41, 5.74) is 0.919. The maximum absolute atomic E-state index is 10.7. The molecular formula is C12H18N2O2. The molecule has 0 aromatic carbocycles. The summed E-state index contributed by atoms with van der Waals surface area (Å²) in [7, 11) is 0. The van der Waals surface area contributed by atoms with Gasteiger partial charge >= 0.3 is 0 Å². The molecule has 2 rings (SSSR count). The Morgan fingerprint density at radius 3 is 2.62 bits per heavy atom. The molecular weight excluding hydrogens is 204 g/mol. The van der Waals surface area contributed by atoms with Crippen molar-refractivity contribution >= 4 is 11.8 Å². The van der Waals surface area contributed by atoms with Gasteiger partial charge in [-0.25, -0.2) is 4.99 Å². The second kappa shape index (κ2) is 6.10. The van der Waals surface area contributed by atoms with Crippen molar-refractivity contribution in [2.75, 3.05) is 19.7 Å². The van der Waals surface area contributed by atoms with Crippen LogP contribution in [0.5, 0.6) is 0 Å². The van der Waals surface area contributed by atoms with Crippen molar-refractivity contribution in [3.05, 3.63) is 24.9 Å². The fourth-order valence-electron chi connectivity index (χ4n) is 1.46. The van der Waals surface area contributed by atoms with E-state index in [0.717, 1.165) is 37.6 Å². The smallest absolute Gasteiger partial charge is 0.226 e. The van der Waals surface area contributed by atoms with Crippen molar-refractivity contribution in [3.8, 4) is 0 Å². The van der Waals surface area contributed by atoms with Crippen LogP contribution in [0.25, 0.3) is 0 Å². The van der Waals surface area contributed by atoms with E-state index in [2.05, 4.69) is 18.2 Å². The van der Waals surface area contributed by atoms with Crippen LogP contribution in [0.1, 0.15) is 19.8 Å². The van der Waals surface area contributed by atoms with Crippen LogP contribution in [0, 0.1) is 0 Å². The fourth-order valence-corrected chi connectivity index (χ4v) is 1.46. The minimum Gasteiger partial charge on any atom is -0.476 e. The highest BCUT2D eigenvalue weighted by Gasteiger charge is 2.16. The van der Waals surface area contributed by atoms with Gasteiger partial charge in [0.25, 0.3) is 0 Å². The first-order valence-electron chi connectivity index (χ1n) is 5.40. The minimum absolute atomic E-state index is 0.208. The highest BCUT2D eigenvalue weighted by molar-refractivity contribution is 5.93. The van der Waals surface area contributed by atoms with E-state index < -0.39 is 0 Å². The molecule has 2 heterocycles. The molecule has 88 valence electrons. The van der Waals surface area contributed by atoms with Crippen molar-refractivity contribution in [1.29, 1.82) is 0 Å². The summed E-state index contributed by atoms with van der Waals surface area (Å²) in [6.07, 6.45) is 3.28. The van der Waals surface area contributed by atoms with Crippen LogP contribution in [0.2, 0.25) is 0 Å². The van der Waals surface area contributed by atoms with E-state index in [1.165, 1.54) is 0 Å². The van der Waals surface area contributed by atoms with Crippen LogP contribution in [0.15, 0.2) is 29.9 Å². The van der Waals surface area contributed by atoms with E-state index in [-0.39, 0.29) is 5.91 Å². The number of nitrogens with zero attached hydrogens (tertiary/aromatic N) is 2. The lowest BCUT2D eigenvalue weighted by molar-refractivity contribution is -0.125. The topological polar surface area (TPSA) is 41.9 Å². The zero-order valence-electron chi connectivity index (χ0n) is 9.74. The maximum atomic E-state index is 10.7. The minimum atomic E-state index is 0.208. The average molecular weight is 222 g/mol. The lowest BCUT2D eigenvalue weighted by atomic mass is 10.4. The molecule has 4 heteroatoms. The Morgan fingerprint density at radius 2 is 2.38 bits per heavy atom. The number of likely N-dealkylation sites (tertiary alicyclic amines) is 1. The van der Waals surface area contributed by atoms with Crippen LogP contribution < -0.4 is 0 Å².